The largest absolute Gasteiger partial charge is 0.322 e. The molecule has 0 fully saturated rings. The minimum absolute atomic E-state index is 0.0853. The van der Waals surface area contributed by atoms with Gasteiger partial charge in [0, 0.05) is 17.7 Å². The topological polar surface area (TPSA) is 69.2 Å². The van der Waals surface area contributed by atoms with Gasteiger partial charge >= 0.3 is 0 Å². The second kappa shape index (κ2) is 4.82. The molecule has 0 saturated heterocycles. The third kappa shape index (κ3) is 2.80. The maximum absolute atomic E-state index is 10.8. The zero-order valence-corrected chi connectivity index (χ0v) is 11.0. The van der Waals surface area contributed by atoms with E-state index in [2.05, 4.69) is 0 Å². The molecule has 2 N–H and O–H groups in total. The van der Waals surface area contributed by atoms with Gasteiger partial charge in [0.25, 0.3) is 5.69 Å². The fraction of sp³-hybridized carbons (Fsp3) is 0.200. The summed E-state index contributed by atoms with van der Waals surface area (Å²) in [5.41, 5.74) is 8.45. The van der Waals surface area contributed by atoms with Crippen molar-refractivity contribution in [3.63, 3.8) is 0 Å². The molecule has 0 bridgehead atoms. The number of hydrogen-bond donors (Lipinski definition) is 1. The monoisotopic (exact) mass is 256 g/mol. The number of nitro benzene ring substituents is 1. The van der Waals surface area contributed by atoms with Crippen LogP contribution in [0.2, 0.25) is 0 Å². The molecule has 0 amide bonds. The van der Waals surface area contributed by atoms with Crippen molar-refractivity contribution >= 4 is 5.69 Å². The summed E-state index contributed by atoms with van der Waals surface area (Å²) in [5, 5.41) is 10.8. The van der Waals surface area contributed by atoms with Crippen molar-refractivity contribution in [2.24, 2.45) is 5.73 Å². The predicted molar refractivity (Wildman–Crippen MR) is 75.7 cm³/mol. The summed E-state index contributed by atoms with van der Waals surface area (Å²) in [4.78, 5) is 10.5. The SMILES string of the molecule is CC(C)(N)c1ccccc1-c1cccc([N+](=O)[O-])c1. The van der Waals surface area contributed by atoms with Crippen LogP contribution >= 0.6 is 0 Å². The van der Waals surface area contributed by atoms with Gasteiger partial charge in [0.15, 0.2) is 0 Å². The Kier molecular flexibility index (Phi) is 3.36. The molecular weight excluding hydrogens is 240 g/mol. The minimum atomic E-state index is -0.499. The van der Waals surface area contributed by atoms with Crippen LogP contribution in [0.3, 0.4) is 0 Å². The highest BCUT2D eigenvalue weighted by Crippen LogP contribution is 2.31. The quantitative estimate of drug-likeness (QED) is 0.675. The van der Waals surface area contributed by atoms with Crippen LogP contribution in [-0.2, 0) is 5.54 Å². The molecule has 0 spiro atoms. The molecule has 0 saturated carbocycles. The van der Waals surface area contributed by atoms with Gasteiger partial charge < -0.3 is 5.73 Å². The molecule has 0 radical (unpaired) electrons. The first-order valence-corrected chi connectivity index (χ1v) is 6.03. The van der Waals surface area contributed by atoms with Gasteiger partial charge in [-0.2, -0.15) is 0 Å². The van der Waals surface area contributed by atoms with Crippen LogP contribution in [0, 0.1) is 10.1 Å². The molecule has 2 aromatic carbocycles. The van der Waals surface area contributed by atoms with Crippen molar-refractivity contribution in [1.82, 2.24) is 0 Å². The molecule has 2 aromatic rings. The van der Waals surface area contributed by atoms with E-state index in [0.717, 1.165) is 16.7 Å². The number of benzene rings is 2. The van der Waals surface area contributed by atoms with Gasteiger partial charge in [-0.15, -0.1) is 0 Å². The fourth-order valence-corrected chi connectivity index (χ4v) is 2.08. The maximum Gasteiger partial charge on any atom is 0.270 e. The second-order valence-corrected chi connectivity index (χ2v) is 5.07. The van der Waals surface area contributed by atoms with Crippen molar-refractivity contribution in [1.29, 1.82) is 0 Å². The van der Waals surface area contributed by atoms with Gasteiger partial charge in [-0.3, -0.25) is 10.1 Å². The summed E-state index contributed by atoms with van der Waals surface area (Å²) >= 11 is 0. The van der Waals surface area contributed by atoms with Crippen LogP contribution in [0.4, 0.5) is 5.69 Å². The summed E-state index contributed by atoms with van der Waals surface area (Å²) in [7, 11) is 0. The van der Waals surface area contributed by atoms with E-state index in [0.29, 0.717) is 0 Å². The molecular formula is C15H16N2O2. The van der Waals surface area contributed by atoms with Gasteiger partial charge in [0.05, 0.1) is 4.92 Å². The van der Waals surface area contributed by atoms with Crippen molar-refractivity contribution in [2.45, 2.75) is 19.4 Å². The van der Waals surface area contributed by atoms with E-state index in [1.807, 2.05) is 44.2 Å². The first kappa shape index (κ1) is 13.2. The molecule has 0 aliphatic rings. The Morgan fingerprint density at radius 1 is 1.11 bits per heavy atom. The number of nitrogens with zero attached hydrogens (tertiary/aromatic N) is 1. The predicted octanol–water partition coefficient (Wildman–Crippen LogP) is 3.46. The van der Waals surface area contributed by atoms with Gasteiger partial charge in [0.2, 0.25) is 0 Å². The second-order valence-electron chi connectivity index (χ2n) is 5.07. The van der Waals surface area contributed by atoms with Gasteiger partial charge in [-0.1, -0.05) is 36.4 Å². The fourth-order valence-electron chi connectivity index (χ4n) is 2.08. The van der Waals surface area contributed by atoms with Crippen molar-refractivity contribution in [3.05, 3.63) is 64.2 Å². The highest BCUT2D eigenvalue weighted by Gasteiger charge is 2.19. The minimum Gasteiger partial charge on any atom is -0.322 e. The molecule has 0 heterocycles. The zero-order chi connectivity index (χ0) is 14.0. The third-order valence-electron chi connectivity index (χ3n) is 2.99. The standard InChI is InChI=1S/C15H16N2O2/c1-15(2,16)14-9-4-3-8-13(14)11-6-5-7-12(10-11)17(18)19/h3-10H,16H2,1-2H3. The van der Waals surface area contributed by atoms with Gasteiger partial charge in [-0.25, -0.2) is 0 Å². The third-order valence-corrected chi connectivity index (χ3v) is 2.99. The first-order valence-electron chi connectivity index (χ1n) is 6.03. The van der Waals surface area contributed by atoms with Gasteiger partial charge in [0.1, 0.15) is 0 Å². The van der Waals surface area contributed by atoms with E-state index >= 15 is 0 Å². The van der Waals surface area contributed by atoms with E-state index in [1.54, 1.807) is 12.1 Å². The zero-order valence-electron chi connectivity index (χ0n) is 11.0. The van der Waals surface area contributed by atoms with Crippen LogP contribution < -0.4 is 5.73 Å². The number of nitro groups is 1. The van der Waals surface area contributed by atoms with E-state index in [4.69, 9.17) is 5.73 Å². The summed E-state index contributed by atoms with van der Waals surface area (Å²) in [6, 6.07) is 14.3. The average molecular weight is 256 g/mol. The Hall–Kier alpha value is -2.20. The lowest BCUT2D eigenvalue weighted by Crippen LogP contribution is -2.29. The Morgan fingerprint density at radius 2 is 1.79 bits per heavy atom. The van der Waals surface area contributed by atoms with Crippen molar-refractivity contribution in [2.75, 3.05) is 0 Å². The Labute approximate surface area is 112 Å². The Bertz CT molecular complexity index is 616. The van der Waals surface area contributed by atoms with E-state index in [-0.39, 0.29) is 10.6 Å². The molecule has 0 aliphatic carbocycles. The van der Waals surface area contributed by atoms with Crippen LogP contribution in [0.5, 0.6) is 0 Å². The highest BCUT2D eigenvalue weighted by atomic mass is 16.6. The van der Waals surface area contributed by atoms with Crippen molar-refractivity contribution < 1.29 is 4.92 Å². The number of nitrogens with two attached hydrogens (primary N) is 1. The summed E-state index contributed by atoms with van der Waals surface area (Å²) in [6.07, 6.45) is 0. The molecule has 19 heavy (non-hydrogen) atoms. The molecule has 0 unspecified atom stereocenters. The summed E-state index contributed by atoms with van der Waals surface area (Å²) in [6.45, 7) is 3.84. The Balaban J connectivity index is 2.60. The van der Waals surface area contributed by atoms with Crippen LogP contribution in [0.25, 0.3) is 11.1 Å². The molecule has 0 aromatic heterocycles. The van der Waals surface area contributed by atoms with Gasteiger partial charge in [-0.05, 0) is 30.5 Å². The van der Waals surface area contributed by atoms with E-state index in [9.17, 15) is 10.1 Å². The molecule has 2 rings (SSSR count). The lowest BCUT2D eigenvalue weighted by atomic mass is 9.88. The number of rotatable bonds is 3. The molecule has 0 atom stereocenters. The first-order chi connectivity index (χ1) is 8.89. The smallest absolute Gasteiger partial charge is 0.270 e. The summed E-state index contributed by atoms with van der Waals surface area (Å²) in [5.74, 6) is 0. The summed E-state index contributed by atoms with van der Waals surface area (Å²) < 4.78 is 0. The molecule has 4 heteroatoms. The normalized spacial score (nSPS) is 11.3. The van der Waals surface area contributed by atoms with Crippen LogP contribution in [0.1, 0.15) is 19.4 Å². The highest BCUT2D eigenvalue weighted by molar-refractivity contribution is 5.70. The maximum atomic E-state index is 10.8. The van der Waals surface area contributed by atoms with Crippen molar-refractivity contribution in [3.8, 4) is 11.1 Å². The number of hydrogen-bond acceptors (Lipinski definition) is 3. The molecule has 0 aliphatic heterocycles. The molecule has 98 valence electrons. The van der Waals surface area contributed by atoms with E-state index in [1.165, 1.54) is 6.07 Å². The lowest BCUT2D eigenvalue weighted by Gasteiger charge is -2.23. The Morgan fingerprint density at radius 3 is 2.42 bits per heavy atom. The van der Waals surface area contributed by atoms with Crippen LogP contribution in [-0.4, -0.2) is 4.92 Å². The van der Waals surface area contributed by atoms with E-state index < -0.39 is 5.54 Å². The average Bonchev–Trinajstić information content (AvgIpc) is 2.38. The lowest BCUT2D eigenvalue weighted by molar-refractivity contribution is -0.384. The van der Waals surface area contributed by atoms with Crippen LogP contribution in [0.15, 0.2) is 48.5 Å². The number of non-ortho nitro benzene ring substituents is 1. The molecule has 4 nitrogen and oxygen atoms in total.